The van der Waals surface area contributed by atoms with Crippen LogP contribution in [-0.2, 0) is 53.0 Å². The first kappa shape index (κ1) is 58.0. The predicted octanol–water partition coefficient (Wildman–Crippen LogP) is 20.9. The minimum atomic E-state index is 1.03. The van der Waals surface area contributed by atoms with Crippen molar-refractivity contribution >= 4 is 11.4 Å². The second kappa shape index (κ2) is 36.4. The van der Waals surface area contributed by atoms with E-state index in [-0.39, 0.29) is 0 Å². The van der Waals surface area contributed by atoms with E-state index in [0.717, 1.165) is 62.8 Å². The molecule has 382 valence electrons. The molecule has 0 saturated carbocycles. The maximum atomic E-state index is 12.6. The van der Waals surface area contributed by atoms with Gasteiger partial charge < -0.3 is 5.53 Å². The molecule has 0 amide bonds. The van der Waals surface area contributed by atoms with E-state index in [1.807, 2.05) is 14.4 Å². The van der Waals surface area contributed by atoms with Crippen molar-refractivity contribution in [2.24, 2.45) is 0 Å². The fourth-order valence-corrected chi connectivity index (χ4v) is 11.1. The molecule has 0 unspecified atom stereocenters. The average Bonchev–Trinajstić information content (AvgIpc) is 3.65. The SMILES string of the molecule is CCCCCCCCc1cc(CCCC)cc(C2=C(CCCC)C(CCCCCC)=C(c3cc(CCCC)cc(CCCCCCCC)c3)[N+]2=[N-])c1.c1ccc(C[CH2][Ni][CH2]Cc2ccccc2)cc1. The molecule has 0 saturated heterocycles. The van der Waals surface area contributed by atoms with Crippen molar-refractivity contribution in [3.05, 3.63) is 158 Å². The molecule has 0 aromatic heterocycles. The van der Waals surface area contributed by atoms with Gasteiger partial charge in [-0.2, -0.15) is 0 Å². The van der Waals surface area contributed by atoms with Gasteiger partial charge >= 0.3 is 110 Å². The topological polar surface area (TPSA) is 25.3 Å². The molecule has 1 aliphatic rings. The number of allylic oxidation sites excluding steroid dienone is 2. The third-order valence-corrected chi connectivity index (χ3v) is 15.2. The van der Waals surface area contributed by atoms with Gasteiger partial charge in [0, 0.05) is 22.3 Å². The van der Waals surface area contributed by atoms with Crippen molar-refractivity contribution in [1.29, 1.82) is 0 Å². The molecule has 1 aliphatic heterocycles. The zero-order chi connectivity index (χ0) is 49.2. The fourth-order valence-electron chi connectivity index (χ4n) is 9.89. The van der Waals surface area contributed by atoms with Crippen LogP contribution in [-0.4, -0.2) is 4.70 Å². The summed E-state index contributed by atoms with van der Waals surface area (Å²) >= 11 is 1.86. The zero-order valence-electron chi connectivity index (χ0n) is 45.1. The van der Waals surface area contributed by atoms with Crippen LogP contribution in [0, 0.1) is 0 Å². The normalized spacial score (nSPS) is 12.6. The first-order chi connectivity index (χ1) is 34.0. The summed E-state index contributed by atoms with van der Waals surface area (Å²) < 4.78 is 1.68. The zero-order valence-corrected chi connectivity index (χ0v) is 46.1. The standard InChI is InChI=1S/C50H80N2.2C8H9.Ni/c1-7-13-19-22-24-26-31-43-35-41(29-16-10-4)37-45(39-43)49-47(33-18-12-6)48(34-28-21-15-9-3)50(52(49)51)46-38-42(30-17-11-5)36-44(40-46)32-27-25-23-20-14-8-2;2*1-2-8-6-4-3-5-7-8;/h35-40H,7-34H2,1-6H3;2*3-7H,1-2H2;. The first-order valence-electron chi connectivity index (χ1n) is 28.7. The third kappa shape index (κ3) is 22.2. The molecule has 4 aromatic rings. The van der Waals surface area contributed by atoms with Crippen molar-refractivity contribution in [1.82, 2.24) is 0 Å². The molecular formula is C66H98N2Ni. The van der Waals surface area contributed by atoms with Gasteiger partial charge in [-0.1, -0.05) is 156 Å². The van der Waals surface area contributed by atoms with Gasteiger partial charge in [0.05, 0.1) is 0 Å². The summed E-state index contributed by atoms with van der Waals surface area (Å²) in [5.74, 6) is 0. The van der Waals surface area contributed by atoms with Crippen LogP contribution in [0.5, 0.6) is 0 Å². The Hall–Kier alpha value is -3.55. The molecule has 0 radical (unpaired) electrons. The maximum absolute atomic E-state index is 12.6. The molecule has 0 atom stereocenters. The molecule has 0 aliphatic carbocycles. The Kier molecular flexibility index (Phi) is 30.6. The molecule has 0 bridgehead atoms. The second-order valence-electron chi connectivity index (χ2n) is 20.1. The van der Waals surface area contributed by atoms with Gasteiger partial charge in [0.1, 0.15) is 0 Å². The van der Waals surface area contributed by atoms with E-state index in [9.17, 15) is 5.53 Å². The summed E-state index contributed by atoms with van der Waals surface area (Å²) in [4.78, 5) is 0. The molecule has 3 heteroatoms. The van der Waals surface area contributed by atoms with Gasteiger partial charge in [-0.3, -0.25) is 0 Å². The predicted molar refractivity (Wildman–Crippen MR) is 300 cm³/mol. The van der Waals surface area contributed by atoms with Crippen molar-refractivity contribution < 1.29 is 19.1 Å². The Bertz CT molecular complexity index is 2000. The van der Waals surface area contributed by atoms with Crippen LogP contribution in [0.2, 0.25) is 10.8 Å². The van der Waals surface area contributed by atoms with E-state index in [2.05, 4.69) is 139 Å². The van der Waals surface area contributed by atoms with E-state index in [1.165, 1.54) is 208 Å². The minimum absolute atomic E-state index is 1.03. The van der Waals surface area contributed by atoms with Crippen LogP contribution in [0.25, 0.3) is 16.9 Å². The van der Waals surface area contributed by atoms with Gasteiger partial charge in [-0.05, 0) is 124 Å². The van der Waals surface area contributed by atoms with E-state index >= 15 is 0 Å². The number of rotatable bonds is 36. The summed E-state index contributed by atoms with van der Waals surface area (Å²) in [6, 6.07) is 36.2. The Morgan fingerprint density at radius 1 is 0.319 bits per heavy atom. The van der Waals surface area contributed by atoms with Crippen molar-refractivity contribution in [2.45, 2.75) is 245 Å². The summed E-state index contributed by atoms with van der Waals surface area (Å²) in [6.07, 6.45) is 36.9. The van der Waals surface area contributed by atoms with E-state index in [0.29, 0.717) is 0 Å². The quantitative estimate of drug-likeness (QED) is 0.0247. The number of nitrogens with zero attached hydrogens (tertiary/aromatic N) is 2. The number of unbranched alkanes of at least 4 members (excludes halogenated alkanes) is 16. The van der Waals surface area contributed by atoms with Crippen LogP contribution >= 0.6 is 0 Å². The Morgan fingerprint density at radius 3 is 1.01 bits per heavy atom. The van der Waals surface area contributed by atoms with Crippen LogP contribution in [0.4, 0.5) is 0 Å². The van der Waals surface area contributed by atoms with Crippen molar-refractivity contribution in [3.63, 3.8) is 0 Å². The fraction of sp³-hybridized carbons (Fsp3) is 0.576. The van der Waals surface area contributed by atoms with E-state index < -0.39 is 0 Å². The molecular weight excluding hydrogens is 879 g/mol. The number of aryl methyl sites for hydroxylation is 6. The molecule has 5 rings (SSSR count). The summed E-state index contributed by atoms with van der Waals surface area (Å²) in [5.41, 5.74) is 28.8. The molecule has 1 heterocycles. The molecule has 0 N–H and O–H groups in total. The van der Waals surface area contributed by atoms with Gasteiger partial charge in [0.15, 0.2) is 0 Å². The summed E-state index contributed by atoms with van der Waals surface area (Å²) in [5, 5.41) is 2.48. The van der Waals surface area contributed by atoms with Crippen LogP contribution < -0.4 is 0 Å². The van der Waals surface area contributed by atoms with Crippen LogP contribution in [0.15, 0.2) is 108 Å². The summed E-state index contributed by atoms with van der Waals surface area (Å²) in [7, 11) is 0. The summed E-state index contributed by atoms with van der Waals surface area (Å²) in [6.45, 7) is 13.8. The molecule has 69 heavy (non-hydrogen) atoms. The molecule has 2 nitrogen and oxygen atoms in total. The van der Waals surface area contributed by atoms with Gasteiger partial charge in [0.25, 0.3) is 0 Å². The Labute approximate surface area is 431 Å². The number of benzene rings is 4. The average molecular weight is 978 g/mol. The Morgan fingerprint density at radius 2 is 0.623 bits per heavy atom. The second-order valence-corrected chi connectivity index (χ2v) is 21.6. The van der Waals surface area contributed by atoms with E-state index in [1.54, 1.807) is 4.70 Å². The third-order valence-electron chi connectivity index (χ3n) is 14.0. The van der Waals surface area contributed by atoms with Gasteiger partial charge in [-0.15, -0.1) is 0 Å². The molecule has 0 spiro atoms. The Balaban J connectivity index is 0.000000507. The van der Waals surface area contributed by atoms with Gasteiger partial charge in [-0.25, -0.2) is 4.70 Å². The van der Waals surface area contributed by atoms with Gasteiger partial charge in [0.2, 0.25) is 11.4 Å². The van der Waals surface area contributed by atoms with Crippen molar-refractivity contribution in [3.8, 4) is 0 Å². The first-order valence-corrected chi connectivity index (χ1v) is 30.1. The number of hydrogen-bond acceptors (Lipinski definition) is 0. The molecule has 4 aromatic carbocycles. The molecule has 0 fully saturated rings. The van der Waals surface area contributed by atoms with Crippen LogP contribution in [0.3, 0.4) is 0 Å². The van der Waals surface area contributed by atoms with E-state index in [4.69, 9.17) is 0 Å². The monoisotopic (exact) mass is 977 g/mol. The number of hydrogen-bond donors (Lipinski definition) is 0. The van der Waals surface area contributed by atoms with Crippen molar-refractivity contribution in [2.75, 3.05) is 0 Å². The van der Waals surface area contributed by atoms with Crippen LogP contribution in [0.1, 0.15) is 240 Å².